The number of benzene rings is 2. The van der Waals surface area contributed by atoms with Crippen molar-refractivity contribution in [1.82, 2.24) is 9.97 Å². The van der Waals surface area contributed by atoms with E-state index < -0.39 is 11.5 Å². The Hall–Kier alpha value is -3.50. The lowest BCUT2D eigenvalue weighted by Gasteiger charge is -2.11. The maximum absolute atomic E-state index is 12.3. The molecule has 0 bridgehead atoms. The molecule has 2 amide bonds. The summed E-state index contributed by atoms with van der Waals surface area (Å²) < 4.78 is 5.18. The summed E-state index contributed by atoms with van der Waals surface area (Å²) >= 11 is 6.92. The van der Waals surface area contributed by atoms with Gasteiger partial charge in [-0.05, 0) is 30.3 Å². The van der Waals surface area contributed by atoms with Gasteiger partial charge in [-0.2, -0.15) is 0 Å². The number of nitrogens with two attached hydrogens (primary N) is 1. The van der Waals surface area contributed by atoms with Crippen LogP contribution in [-0.2, 0) is 4.79 Å². The van der Waals surface area contributed by atoms with E-state index in [9.17, 15) is 14.4 Å². The highest BCUT2D eigenvalue weighted by Gasteiger charge is 2.15. The van der Waals surface area contributed by atoms with Gasteiger partial charge in [0.1, 0.15) is 11.4 Å². The van der Waals surface area contributed by atoms with Gasteiger partial charge in [0.15, 0.2) is 11.0 Å². The quantitative estimate of drug-likeness (QED) is 0.314. The zero-order chi connectivity index (χ0) is 22.4. The molecule has 1 heterocycles. The minimum absolute atomic E-state index is 0.0617. The summed E-state index contributed by atoms with van der Waals surface area (Å²) in [5.74, 6) is -0.624. The van der Waals surface area contributed by atoms with Crippen LogP contribution in [0.15, 0.2) is 58.5 Å². The van der Waals surface area contributed by atoms with Crippen LogP contribution in [0.4, 0.5) is 17.2 Å². The van der Waals surface area contributed by atoms with Crippen LogP contribution < -0.4 is 26.7 Å². The third-order valence-corrected chi connectivity index (χ3v) is 5.08. The molecule has 0 spiro atoms. The molecule has 0 aliphatic rings. The number of H-pyrrole nitrogens is 1. The average molecular weight is 460 g/mol. The summed E-state index contributed by atoms with van der Waals surface area (Å²) in [5, 5.41) is 5.71. The Labute approximate surface area is 186 Å². The lowest BCUT2D eigenvalue weighted by molar-refractivity contribution is -0.113. The number of methoxy groups -OCH3 is 1. The fourth-order valence-electron chi connectivity index (χ4n) is 2.53. The molecule has 5 N–H and O–H groups in total. The molecule has 1 aromatic heterocycles. The highest BCUT2D eigenvalue weighted by Crippen LogP contribution is 2.28. The van der Waals surface area contributed by atoms with Crippen LogP contribution in [-0.4, -0.2) is 34.6 Å². The number of ether oxygens (including phenoxy) is 1. The van der Waals surface area contributed by atoms with Crippen molar-refractivity contribution in [1.29, 1.82) is 0 Å². The van der Waals surface area contributed by atoms with Crippen molar-refractivity contribution in [3.63, 3.8) is 0 Å². The topological polar surface area (TPSA) is 139 Å². The minimum Gasteiger partial charge on any atom is -0.495 e. The lowest BCUT2D eigenvalue weighted by atomic mass is 10.2. The predicted molar refractivity (Wildman–Crippen MR) is 121 cm³/mol. The fourth-order valence-corrected chi connectivity index (χ4v) is 3.37. The number of rotatable bonds is 7. The van der Waals surface area contributed by atoms with Crippen LogP contribution in [0.25, 0.3) is 0 Å². The first kappa shape index (κ1) is 22.2. The van der Waals surface area contributed by atoms with Gasteiger partial charge in [0.2, 0.25) is 5.91 Å². The van der Waals surface area contributed by atoms with Crippen molar-refractivity contribution in [2.24, 2.45) is 0 Å². The van der Waals surface area contributed by atoms with Crippen LogP contribution in [0.1, 0.15) is 10.4 Å². The summed E-state index contributed by atoms with van der Waals surface area (Å²) in [6.45, 7) is 0. The summed E-state index contributed by atoms with van der Waals surface area (Å²) in [4.78, 5) is 43.4. The van der Waals surface area contributed by atoms with E-state index in [1.54, 1.807) is 48.5 Å². The smallest absolute Gasteiger partial charge is 0.277 e. The second-order valence-corrected chi connectivity index (χ2v) is 7.53. The number of nitrogens with one attached hydrogen (secondary N) is 3. The van der Waals surface area contributed by atoms with Crippen molar-refractivity contribution in [3.05, 3.63) is 69.5 Å². The zero-order valence-electron chi connectivity index (χ0n) is 16.3. The van der Waals surface area contributed by atoms with Crippen LogP contribution in [0, 0.1) is 0 Å². The van der Waals surface area contributed by atoms with Crippen molar-refractivity contribution in [2.75, 3.05) is 29.2 Å². The Morgan fingerprint density at radius 1 is 1.19 bits per heavy atom. The predicted octanol–water partition coefficient (Wildman–Crippen LogP) is 3.00. The molecule has 2 aromatic carbocycles. The molecule has 0 aliphatic carbocycles. The van der Waals surface area contributed by atoms with E-state index >= 15 is 0 Å². The molecule has 0 unspecified atom stereocenters. The number of hydrogen-bond acceptors (Lipinski definition) is 7. The number of nitrogen functional groups attached to an aromatic ring is 1. The van der Waals surface area contributed by atoms with Gasteiger partial charge in [0.25, 0.3) is 11.5 Å². The molecule has 31 heavy (non-hydrogen) atoms. The number of carbonyl (C=O) groups excluding carboxylic acids is 2. The number of aromatic nitrogens is 2. The lowest BCUT2D eigenvalue weighted by Crippen LogP contribution is -2.23. The third kappa shape index (κ3) is 5.77. The molecule has 0 aliphatic heterocycles. The Morgan fingerprint density at radius 2 is 1.94 bits per heavy atom. The van der Waals surface area contributed by atoms with Gasteiger partial charge in [-0.1, -0.05) is 41.6 Å². The molecule has 0 saturated carbocycles. The number of anilines is 3. The van der Waals surface area contributed by atoms with Crippen molar-refractivity contribution < 1.29 is 14.3 Å². The van der Waals surface area contributed by atoms with Gasteiger partial charge in [0.05, 0.1) is 18.6 Å². The second-order valence-electron chi connectivity index (χ2n) is 6.13. The molecule has 11 heteroatoms. The van der Waals surface area contributed by atoms with Gasteiger partial charge in [0, 0.05) is 10.6 Å². The van der Waals surface area contributed by atoms with Crippen LogP contribution >= 0.6 is 23.4 Å². The molecule has 0 radical (unpaired) electrons. The number of hydrogen-bond donors (Lipinski definition) is 4. The highest BCUT2D eigenvalue weighted by molar-refractivity contribution is 7.99. The van der Waals surface area contributed by atoms with E-state index in [0.29, 0.717) is 22.0 Å². The Balaban J connectivity index is 1.65. The van der Waals surface area contributed by atoms with Crippen molar-refractivity contribution >= 4 is 52.4 Å². The summed E-state index contributed by atoms with van der Waals surface area (Å²) in [5.41, 5.74) is 5.84. The summed E-state index contributed by atoms with van der Waals surface area (Å²) in [6.07, 6.45) is 0. The number of nitrogens with zero attached hydrogens (tertiary/aromatic N) is 1. The van der Waals surface area contributed by atoms with E-state index in [-0.39, 0.29) is 28.3 Å². The first-order valence-electron chi connectivity index (χ1n) is 8.89. The van der Waals surface area contributed by atoms with E-state index in [1.807, 2.05) is 0 Å². The Bertz CT molecular complexity index is 1170. The normalized spacial score (nSPS) is 10.4. The van der Waals surface area contributed by atoms with Crippen molar-refractivity contribution in [2.45, 2.75) is 5.16 Å². The highest BCUT2D eigenvalue weighted by atomic mass is 35.5. The largest absolute Gasteiger partial charge is 0.495 e. The molecule has 0 atom stereocenters. The molecule has 160 valence electrons. The van der Waals surface area contributed by atoms with Crippen LogP contribution in [0.5, 0.6) is 5.75 Å². The molecule has 3 aromatic rings. The summed E-state index contributed by atoms with van der Waals surface area (Å²) in [6, 6.07) is 13.2. The van der Waals surface area contributed by atoms with E-state index in [2.05, 4.69) is 20.6 Å². The molecule has 0 saturated heterocycles. The van der Waals surface area contributed by atoms with Gasteiger partial charge in [-0.15, -0.1) is 0 Å². The van der Waals surface area contributed by atoms with Crippen LogP contribution in [0.2, 0.25) is 5.02 Å². The maximum atomic E-state index is 12.3. The average Bonchev–Trinajstić information content (AvgIpc) is 2.75. The number of carbonyl (C=O) groups is 2. The maximum Gasteiger partial charge on any atom is 0.277 e. The fraction of sp³-hybridized carbons (Fsp3) is 0.100. The second kappa shape index (κ2) is 10.0. The van der Waals surface area contributed by atoms with Gasteiger partial charge in [-0.3, -0.25) is 19.4 Å². The van der Waals surface area contributed by atoms with E-state index in [1.165, 1.54) is 7.11 Å². The Kier molecular flexibility index (Phi) is 7.16. The molecular weight excluding hydrogens is 442 g/mol. The van der Waals surface area contributed by atoms with Gasteiger partial charge < -0.3 is 21.1 Å². The van der Waals surface area contributed by atoms with Crippen molar-refractivity contribution in [3.8, 4) is 5.75 Å². The SMILES string of the molecule is COc1ccc(Cl)cc1NC(=O)CSc1nc(N)c(NC(=O)c2ccccc2)c(=O)[nH]1. The van der Waals surface area contributed by atoms with Crippen LogP contribution in [0.3, 0.4) is 0 Å². The molecular formula is C20H18ClN5O4S. The molecule has 9 nitrogen and oxygen atoms in total. The number of thioether (sulfide) groups is 1. The zero-order valence-corrected chi connectivity index (χ0v) is 17.8. The van der Waals surface area contributed by atoms with E-state index in [4.69, 9.17) is 22.1 Å². The summed E-state index contributed by atoms with van der Waals surface area (Å²) in [7, 11) is 1.48. The number of amides is 2. The van der Waals surface area contributed by atoms with Gasteiger partial charge >= 0.3 is 0 Å². The number of aromatic amines is 1. The van der Waals surface area contributed by atoms with E-state index in [0.717, 1.165) is 11.8 Å². The molecule has 0 fully saturated rings. The van der Waals surface area contributed by atoms with Gasteiger partial charge in [-0.25, -0.2) is 4.98 Å². The standard InChI is InChI=1S/C20H18ClN5O4S/c1-30-14-8-7-12(21)9-13(14)23-15(27)10-31-20-25-17(22)16(19(29)26-20)24-18(28)11-5-3-2-4-6-11/h2-9H,10H2,1H3,(H,23,27)(H,24,28)(H3,22,25,26,29). The molecule has 3 rings (SSSR count). The monoisotopic (exact) mass is 459 g/mol. The number of halogens is 1. The first-order valence-corrected chi connectivity index (χ1v) is 10.3. The third-order valence-electron chi connectivity index (χ3n) is 3.98. The minimum atomic E-state index is -0.629. The first-order chi connectivity index (χ1) is 14.9. The Morgan fingerprint density at radius 3 is 2.61 bits per heavy atom.